The standard InChI is InChI=1S/C15H22F3N5O/c16-15(17,18)9-22-5-3-11(7-22)21-13-6-14(20-10-19-13)23-4-1-2-12(23)8-24/h6,10-12,24H,1-5,7-9H2,(H,19,20,21)/t11-,12-/m0/s1. The molecule has 24 heavy (non-hydrogen) atoms. The van der Waals surface area contributed by atoms with Gasteiger partial charge in [-0.25, -0.2) is 9.97 Å². The lowest BCUT2D eigenvalue weighted by molar-refractivity contribution is -0.143. The van der Waals surface area contributed by atoms with Crippen LogP contribution >= 0.6 is 0 Å². The summed E-state index contributed by atoms with van der Waals surface area (Å²) in [4.78, 5) is 11.9. The third-order valence-electron chi connectivity index (χ3n) is 4.56. The van der Waals surface area contributed by atoms with Gasteiger partial charge in [-0.3, -0.25) is 4.90 Å². The molecule has 0 saturated carbocycles. The maximum atomic E-state index is 12.4. The van der Waals surface area contributed by atoms with Crippen LogP contribution in [0.4, 0.5) is 24.8 Å². The fourth-order valence-electron chi connectivity index (χ4n) is 3.47. The molecule has 2 N–H and O–H groups in total. The molecule has 0 radical (unpaired) electrons. The fourth-order valence-corrected chi connectivity index (χ4v) is 3.47. The Hall–Kier alpha value is -1.61. The van der Waals surface area contributed by atoms with Gasteiger partial charge in [0.1, 0.15) is 18.0 Å². The van der Waals surface area contributed by atoms with Crippen LogP contribution in [0.2, 0.25) is 0 Å². The van der Waals surface area contributed by atoms with E-state index in [0.717, 1.165) is 25.2 Å². The topological polar surface area (TPSA) is 64.5 Å². The summed E-state index contributed by atoms with van der Waals surface area (Å²) < 4.78 is 37.3. The molecule has 0 aromatic carbocycles. The highest BCUT2D eigenvalue weighted by atomic mass is 19.4. The van der Waals surface area contributed by atoms with Crippen LogP contribution in [0.3, 0.4) is 0 Å². The maximum absolute atomic E-state index is 12.4. The van der Waals surface area contributed by atoms with E-state index in [1.807, 2.05) is 0 Å². The zero-order chi connectivity index (χ0) is 17.2. The lowest BCUT2D eigenvalue weighted by Crippen LogP contribution is -2.34. The van der Waals surface area contributed by atoms with Gasteiger partial charge < -0.3 is 15.3 Å². The number of halogens is 3. The third-order valence-corrected chi connectivity index (χ3v) is 4.56. The predicted octanol–water partition coefficient (Wildman–Crippen LogP) is 1.49. The molecule has 1 aromatic rings. The van der Waals surface area contributed by atoms with Gasteiger partial charge in [-0.15, -0.1) is 0 Å². The summed E-state index contributed by atoms with van der Waals surface area (Å²) in [5, 5.41) is 12.6. The van der Waals surface area contributed by atoms with Crippen molar-refractivity contribution in [3.8, 4) is 0 Å². The van der Waals surface area contributed by atoms with Crippen LogP contribution in [0.15, 0.2) is 12.4 Å². The summed E-state index contributed by atoms with van der Waals surface area (Å²) in [6.45, 7) is 0.827. The number of alkyl halides is 3. The van der Waals surface area contributed by atoms with Crippen LogP contribution in [0, 0.1) is 0 Å². The van der Waals surface area contributed by atoms with Crippen molar-refractivity contribution >= 4 is 11.6 Å². The number of anilines is 2. The Morgan fingerprint density at radius 1 is 1.25 bits per heavy atom. The van der Waals surface area contributed by atoms with Crippen LogP contribution in [-0.4, -0.2) is 71.0 Å². The Kier molecular flexibility index (Phi) is 5.09. The first-order valence-corrected chi connectivity index (χ1v) is 8.20. The molecule has 2 fully saturated rings. The maximum Gasteiger partial charge on any atom is 0.401 e. The molecule has 3 heterocycles. The first-order valence-electron chi connectivity index (χ1n) is 8.20. The van der Waals surface area contributed by atoms with Gasteiger partial charge >= 0.3 is 6.18 Å². The Labute approximate surface area is 138 Å². The second-order valence-corrected chi connectivity index (χ2v) is 6.41. The molecule has 2 aliphatic heterocycles. The Morgan fingerprint density at radius 2 is 2.08 bits per heavy atom. The molecule has 1 aromatic heterocycles. The highest BCUT2D eigenvalue weighted by Gasteiger charge is 2.34. The first-order chi connectivity index (χ1) is 11.4. The number of nitrogens with one attached hydrogen (secondary N) is 1. The lowest BCUT2D eigenvalue weighted by Gasteiger charge is -2.24. The van der Waals surface area contributed by atoms with Crippen LogP contribution in [0.1, 0.15) is 19.3 Å². The van der Waals surface area contributed by atoms with E-state index in [-0.39, 0.29) is 18.7 Å². The van der Waals surface area contributed by atoms with E-state index < -0.39 is 12.7 Å². The fraction of sp³-hybridized carbons (Fsp3) is 0.733. The van der Waals surface area contributed by atoms with Crippen LogP contribution in [-0.2, 0) is 0 Å². The average Bonchev–Trinajstić information content (AvgIpc) is 3.15. The SMILES string of the molecule is OC[C@@H]1CCCN1c1cc(N[C@H]2CCN(CC(F)(F)F)C2)ncn1. The quantitative estimate of drug-likeness (QED) is 0.843. The van der Waals surface area contributed by atoms with Crippen molar-refractivity contribution in [1.29, 1.82) is 0 Å². The molecule has 6 nitrogen and oxygen atoms in total. The van der Waals surface area contributed by atoms with E-state index in [4.69, 9.17) is 0 Å². The van der Waals surface area contributed by atoms with Gasteiger partial charge in [0.25, 0.3) is 0 Å². The van der Waals surface area contributed by atoms with Crippen molar-refractivity contribution in [3.63, 3.8) is 0 Å². The van der Waals surface area contributed by atoms with Crippen molar-refractivity contribution in [1.82, 2.24) is 14.9 Å². The number of hydrogen-bond donors (Lipinski definition) is 2. The number of nitrogens with zero attached hydrogens (tertiary/aromatic N) is 4. The number of hydrogen-bond acceptors (Lipinski definition) is 6. The minimum Gasteiger partial charge on any atom is -0.394 e. The molecule has 9 heteroatoms. The van der Waals surface area contributed by atoms with Crippen molar-refractivity contribution in [3.05, 3.63) is 12.4 Å². The minimum atomic E-state index is -4.16. The lowest BCUT2D eigenvalue weighted by atomic mass is 10.2. The second-order valence-electron chi connectivity index (χ2n) is 6.41. The Balaban J connectivity index is 1.59. The molecule has 0 amide bonds. The zero-order valence-corrected chi connectivity index (χ0v) is 13.3. The van der Waals surface area contributed by atoms with Gasteiger partial charge in [-0.1, -0.05) is 0 Å². The van der Waals surface area contributed by atoms with Crippen molar-refractivity contribution in [2.75, 3.05) is 43.0 Å². The summed E-state index contributed by atoms with van der Waals surface area (Å²) in [5.41, 5.74) is 0. The third kappa shape index (κ3) is 4.27. The van der Waals surface area contributed by atoms with E-state index in [1.54, 1.807) is 6.07 Å². The Bertz CT molecular complexity index is 556. The predicted molar refractivity (Wildman–Crippen MR) is 84.0 cm³/mol. The summed E-state index contributed by atoms with van der Waals surface area (Å²) >= 11 is 0. The normalized spacial score (nSPS) is 25.4. The largest absolute Gasteiger partial charge is 0.401 e. The Morgan fingerprint density at radius 3 is 2.83 bits per heavy atom. The highest BCUT2D eigenvalue weighted by Crippen LogP contribution is 2.26. The number of aliphatic hydroxyl groups excluding tert-OH is 1. The van der Waals surface area contributed by atoms with E-state index in [0.29, 0.717) is 25.3 Å². The van der Waals surface area contributed by atoms with Crippen molar-refractivity contribution in [2.45, 2.75) is 37.5 Å². The summed E-state index contributed by atoms with van der Waals surface area (Å²) in [5.74, 6) is 1.36. The number of aromatic nitrogens is 2. The highest BCUT2D eigenvalue weighted by molar-refractivity contribution is 5.50. The zero-order valence-electron chi connectivity index (χ0n) is 13.3. The van der Waals surface area contributed by atoms with E-state index in [9.17, 15) is 18.3 Å². The summed E-state index contributed by atoms with van der Waals surface area (Å²) in [6, 6.07) is 1.82. The molecular weight excluding hydrogens is 323 g/mol. The van der Waals surface area contributed by atoms with Gasteiger partial charge in [0, 0.05) is 31.7 Å². The first kappa shape index (κ1) is 17.2. The molecule has 2 saturated heterocycles. The van der Waals surface area contributed by atoms with Gasteiger partial charge in [-0.2, -0.15) is 13.2 Å². The monoisotopic (exact) mass is 345 g/mol. The summed E-state index contributed by atoms with van der Waals surface area (Å²) in [6.07, 6.45) is -0.122. The smallest absolute Gasteiger partial charge is 0.394 e. The van der Waals surface area contributed by atoms with Crippen molar-refractivity contribution in [2.24, 2.45) is 0 Å². The van der Waals surface area contributed by atoms with Gasteiger partial charge in [0.15, 0.2) is 0 Å². The number of aliphatic hydroxyl groups is 1. The van der Waals surface area contributed by atoms with Crippen LogP contribution < -0.4 is 10.2 Å². The second kappa shape index (κ2) is 7.10. The number of likely N-dealkylation sites (tertiary alicyclic amines) is 1. The van der Waals surface area contributed by atoms with Crippen LogP contribution in [0.5, 0.6) is 0 Å². The molecule has 2 aliphatic rings. The number of rotatable bonds is 5. The van der Waals surface area contributed by atoms with Gasteiger partial charge in [0.2, 0.25) is 0 Å². The molecule has 0 unspecified atom stereocenters. The van der Waals surface area contributed by atoms with E-state index in [2.05, 4.69) is 20.2 Å². The van der Waals surface area contributed by atoms with Gasteiger partial charge in [-0.05, 0) is 19.3 Å². The summed E-state index contributed by atoms with van der Waals surface area (Å²) in [7, 11) is 0. The molecule has 0 bridgehead atoms. The molecule has 2 atom stereocenters. The molecule has 3 rings (SSSR count). The van der Waals surface area contributed by atoms with E-state index >= 15 is 0 Å². The minimum absolute atomic E-state index is 0.0534. The van der Waals surface area contributed by atoms with Gasteiger partial charge in [0.05, 0.1) is 19.2 Å². The molecule has 134 valence electrons. The molecule has 0 aliphatic carbocycles. The molecule has 0 spiro atoms. The van der Waals surface area contributed by atoms with Crippen LogP contribution in [0.25, 0.3) is 0 Å². The average molecular weight is 345 g/mol. The molecular formula is C15H22F3N5O. The van der Waals surface area contributed by atoms with Crippen molar-refractivity contribution < 1.29 is 18.3 Å². The van der Waals surface area contributed by atoms with E-state index in [1.165, 1.54) is 11.2 Å².